The molecule has 0 aliphatic carbocycles. The van der Waals surface area contributed by atoms with Crippen molar-refractivity contribution in [2.75, 3.05) is 6.61 Å². The molecule has 4 heterocycles. The molecule has 4 rings (SSSR count). The number of aliphatic hydroxyl groups is 8. The minimum Gasteiger partial charge on any atom is -0.394 e. The molecule has 42 heavy (non-hydrogen) atoms. The normalized spacial score (nSPS) is 43.2. The van der Waals surface area contributed by atoms with E-state index in [-0.39, 0.29) is 0 Å². The number of aromatic nitrogens is 2. The standard InChI is InChI=1S/C23H36N4O15/c1-6(29)25-12-16(35)14(33)9(5-28)40-22(12)42-21-11(24)15(34)13(32)8(39-21)4-7(30)19-17(36)18(37)20(41-19)27-3-2-10(31)26-23(27)38/h2-3,7-9,11-22,28,30,32-37H,4-5,24H2,1H3,(H,25,29)(H,26,31,38)/p+1/t7?,8-,9-,11-,12-,13+,14-,15-,16-,17+,18-,19-,20-,21+,22-/m1/s1. The first-order valence-electron chi connectivity index (χ1n) is 13.2. The van der Waals surface area contributed by atoms with E-state index in [0.29, 0.717) is 0 Å². The summed E-state index contributed by atoms with van der Waals surface area (Å²) in [6.07, 6.45) is -19.7. The van der Waals surface area contributed by atoms with Gasteiger partial charge in [0.1, 0.15) is 54.9 Å². The van der Waals surface area contributed by atoms with Crippen LogP contribution in [-0.2, 0) is 23.7 Å². The predicted molar refractivity (Wildman–Crippen MR) is 132 cm³/mol. The van der Waals surface area contributed by atoms with E-state index in [4.69, 9.17) is 18.9 Å². The number of aromatic amines is 1. The van der Waals surface area contributed by atoms with Crippen LogP contribution in [-0.4, -0.2) is 149 Å². The summed E-state index contributed by atoms with van der Waals surface area (Å²) < 4.78 is 23.4. The molecular formula is C23H37N4O15+. The third-order valence-corrected chi connectivity index (χ3v) is 7.60. The van der Waals surface area contributed by atoms with Gasteiger partial charge in [0, 0.05) is 25.6 Å². The maximum atomic E-state index is 12.1. The molecule has 15 atom stereocenters. The Balaban J connectivity index is 1.48. The maximum absolute atomic E-state index is 12.1. The zero-order valence-corrected chi connectivity index (χ0v) is 22.3. The number of quaternary nitrogens is 1. The van der Waals surface area contributed by atoms with Crippen LogP contribution in [0.3, 0.4) is 0 Å². The zero-order chi connectivity index (χ0) is 31.0. The van der Waals surface area contributed by atoms with Gasteiger partial charge in [-0.05, 0) is 0 Å². The van der Waals surface area contributed by atoms with Gasteiger partial charge >= 0.3 is 5.69 Å². The number of aliphatic hydroxyl groups excluding tert-OH is 8. The van der Waals surface area contributed by atoms with Crippen molar-refractivity contribution in [2.24, 2.45) is 0 Å². The van der Waals surface area contributed by atoms with Gasteiger partial charge in [0.05, 0.1) is 18.8 Å². The van der Waals surface area contributed by atoms with E-state index in [1.165, 1.54) is 0 Å². The number of hydrogen-bond acceptors (Lipinski definition) is 15. The Labute approximate surface area is 236 Å². The molecule has 0 bridgehead atoms. The molecule has 3 aliphatic rings. The second-order valence-electron chi connectivity index (χ2n) is 10.5. The molecule has 1 aromatic heterocycles. The first-order valence-corrected chi connectivity index (χ1v) is 13.2. The lowest BCUT2D eigenvalue weighted by atomic mass is 9.91. The number of nitrogens with zero attached hydrogens (tertiary/aromatic N) is 1. The summed E-state index contributed by atoms with van der Waals surface area (Å²) >= 11 is 0. The van der Waals surface area contributed by atoms with Crippen molar-refractivity contribution in [1.82, 2.24) is 14.9 Å². The summed E-state index contributed by atoms with van der Waals surface area (Å²) in [5, 5.41) is 85.8. The molecule has 0 saturated carbocycles. The molecule has 19 heteroatoms. The highest BCUT2D eigenvalue weighted by Crippen LogP contribution is 2.33. The molecule has 1 amide bonds. The number of hydrogen-bond donors (Lipinski definition) is 11. The van der Waals surface area contributed by atoms with Crippen LogP contribution in [0.25, 0.3) is 0 Å². The van der Waals surface area contributed by atoms with E-state index in [9.17, 15) is 55.2 Å². The Hall–Kier alpha value is -2.37. The minimum atomic E-state index is -1.72. The zero-order valence-electron chi connectivity index (χ0n) is 22.3. The highest BCUT2D eigenvalue weighted by atomic mass is 16.8. The Morgan fingerprint density at radius 1 is 1.00 bits per heavy atom. The van der Waals surface area contributed by atoms with Crippen molar-refractivity contribution in [1.29, 1.82) is 0 Å². The molecular weight excluding hydrogens is 572 g/mol. The third-order valence-electron chi connectivity index (χ3n) is 7.60. The molecule has 3 fully saturated rings. The van der Waals surface area contributed by atoms with E-state index in [2.05, 4.69) is 11.1 Å². The average molecular weight is 610 g/mol. The van der Waals surface area contributed by atoms with Crippen LogP contribution in [0.1, 0.15) is 19.6 Å². The summed E-state index contributed by atoms with van der Waals surface area (Å²) in [4.78, 5) is 37.2. The summed E-state index contributed by atoms with van der Waals surface area (Å²) in [6.45, 7) is 0.420. The van der Waals surface area contributed by atoms with Crippen LogP contribution in [0.15, 0.2) is 21.9 Å². The van der Waals surface area contributed by atoms with Gasteiger partial charge in [-0.25, -0.2) is 4.79 Å². The van der Waals surface area contributed by atoms with Crippen LogP contribution < -0.4 is 22.3 Å². The van der Waals surface area contributed by atoms with E-state index in [1.807, 2.05) is 4.98 Å². The summed E-state index contributed by atoms with van der Waals surface area (Å²) in [6, 6.07) is -1.54. The number of carbonyl (C=O) groups excluding carboxylic acids is 1. The van der Waals surface area contributed by atoms with Gasteiger partial charge in [0.15, 0.2) is 18.6 Å². The van der Waals surface area contributed by atoms with E-state index >= 15 is 0 Å². The minimum absolute atomic E-state index is 0.506. The fourth-order valence-corrected chi connectivity index (χ4v) is 5.27. The molecule has 13 N–H and O–H groups in total. The first-order chi connectivity index (χ1) is 19.7. The van der Waals surface area contributed by atoms with E-state index in [0.717, 1.165) is 23.8 Å². The van der Waals surface area contributed by atoms with Crippen LogP contribution in [0.2, 0.25) is 0 Å². The Kier molecular flexibility index (Phi) is 10.1. The molecule has 0 spiro atoms. The number of H-pyrrole nitrogens is 1. The van der Waals surface area contributed by atoms with Gasteiger partial charge in [0.2, 0.25) is 12.2 Å². The monoisotopic (exact) mass is 609 g/mol. The second kappa shape index (κ2) is 13.1. The summed E-state index contributed by atoms with van der Waals surface area (Å²) in [7, 11) is 0. The molecule has 238 valence electrons. The number of rotatable bonds is 8. The summed E-state index contributed by atoms with van der Waals surface area (Å²) in [5.41, 5.74) is 2.08. The molecule has 1 aromatic rings. The molecule has 1 unspecified atom stereocenters. The van der Waals surface area contributed by atoms with Crippen LogP contribution in [0.5, 0.6) is 0 Å². The Morgan fingerprint density at radius 3 is 2.26 bits per heavy atom. The van der Waals surface area contributed by atoms with Gasteiger partial charge in [-0.1, -0.05) is 0 Å². The predicted octanol–water partition coefficient (Wildman–Crippen LogP) is -8.08. The first kappa shape index (κ1) is 32.5. The van der Waals surface area contributed by atoms with Crippen molar-refractivity contribution in [3.8, 4) is 0 Å². The Bertz CT molecular complexity index is 1200. The van der Waals surface area contributed by atoms with Gasteiger partial charge in [-0.15, -0.1) is 0 Å². The highest BCUT2D eigenvalue weighted by molar-refractivity contribution is 5.73. The number of ether oxygens (including phenoxy) is 4. The summed E-state index contributed by atoms with van der Waals surface area (Å²) in [5.74, 6) is -0.613. The topological polar surface area (TPSA) is 310 Å². The van der Waals surface area contributed by atoms with Gasteiger partial charge in [-0.2, -0.15) is 0 Å². The second-order valence-corrected chi connectivity index (χ2v) is 10.5. The third kappa shape index (κ3) is 6.43. The lowest BCUT2D eigenvalue weighted by molar-refractivity contribution is -0.510. The van der Waals surface area contributed by atoms with Crippen LogP contribution in [0, 0.1) is 0 Å². The maximum Gasteiger partial charge on any atom is 0.330 e. The number of amides is 1. The van der Waals surface area contributed by atoms with Crippen LogP contribution in [0.4, 0.5) is 0 Å². The van der Waals surface area contributed by atoms with Gasteiger partial charge in [-0.3, -0.25) is 19.1 Å². The number of nitrogens with one attached hydrogen (secondary N) is 2. The molecule has 3 saturated heterocycles. The van der Waals surface area contributed by atoms with E-state index in [1.54, 1.807) is 0 Å². The largest absolute Gasteiger partial charge is 0.394 e. The molecule has 19 nitrogen and oxygen atoms in total. The van der Waals surface area contributed by atoms with Crippen molar-refractivity contribution in [2.45, 2.75) is 105 Å². The molecule has 0 aromatic carbocycles. The lowest BCUT2D eigenvalue weighted by Crippen LogP contribution is -2.79. The molecule has 3 aliphatic heterocycles. The van der Waals surface area contributed by atoms with Gasteiger partial charge < -0.3 is 70.9 Å². The van der Waals surface area contributed by atoms with Crippen molar-refractivity contribution < 1.29 is 70.3 Å². The number of carbonyl (C=O) groups is 1. The lowest BCUT2D eigenvalue weighted by Gasteiger charge is -2.45. The Morgan fingerprint density at radius 2 is 1.64 bits per heavy atom. The van der Waals surface area contributed by atoms with Crippen molar-refractivity contribution in [3.63, 3.8) is 0 Å². The molecule has 0 radical (unpaired) electrons. The fourth-order valence-electron chi connectivity index (χ4n) is 5.27. The SMILES string of the molecule is CC(=O)N[C@H]1[C@@H](O[C@@H]2O[C@H](CC(O)[C@H]3O[C@@H](n4ccc(=O)[nH]c4=O)[C@H](O)[C@@H]3O)[C@H](O)[C@H](O)[C@H]2[NH3+])O[C@H](CO)[C@@H](O)[C@@H]1O. The highest BCUT2D eigenvalue weighted by Gasteiger charge is 2.53. The van der Waals surface area contributed by atoms with Crippen molar-refractivity contribution in [3.05, 3.63) is 33.1 Å². The van der Waals surface area contributed by atoms with Crippen LogP contribution >= 0.6 is 0 Å². The smallest absolute Gasteiger partial charge is 0.330 e. The quantitative estimate of drug-likeness (QED) is 0.130. The van der Waals surface area contributed by atoms with Gasteiger partial charge in [0.25, 0.3) is 5.56 Å². The van der Waals surface area contributed by atoms with E-state index < -0.39 is 122 Å². The average Bonchev–Trinajstić information content (AvgIpc) is 3.23. The fraction of sp³-hybridized carbons (Fsp3) is 0.783. The van der Waals surface area contributed by atoms with Crippen molar-refractivity contribution >= 4 is 5.91 Å².